The normalized spacial score (nSPS) is 20.1. The predicted octanol–water partition coefficient (Wildman–Crippen LogP) is 1.31. The smallest absolute Gasteiger partial charge is 0.240 e. The Balaban J connectivity index is 2.17. The molecule has 1 fully saturated rings. The number of benzene rings is 1. The number of halogens is 1. The van der Waals surface area contributed by atoms with Crippen molar-refractivity contribution in [1.82, 2.24) is 10.0 Å². The molecule has 0 bridgehead atoms. The zero-order chi connectivity index (χ0) is 14.0. The van der Waals surface area contributed by atoms with Crippen molar-refractivity contribution < 1.29 is 13.2 Å². The predicted molar refractivity (Wildman–Crippen MR) is 75.2 cm³/mol. The molecule has 1 aromatic rings. The second-order valence-corrected chi connectivity index (χ2v) is 7.14. The first kappa shape index (κ1) is 14.5. The number of carbonyl (C=O) groups is 1. The van der Waals surface area contributed by atoms with E-state index in [2.05, 4.69) is 26.0 Å². The standard InChI is InChI=1S/C12H15BrN2O3S/c1-8-2-3-10(7-11(8)13)19(17,18)15-9-4-5-14-12(16)6-9/h2-3,7,9,15H,4-6H2,1H3,(H,14,16)/t9-/m0/s1. The number of hydrogen-bond acceptors (Lipinski definition) is 3. The van der Waals surface area contributed by atoms with Gasteiger partial charge in [-0.1, -0.05) is 22.0 Å². The molecule has 19 heavy (non-hydrogen) atoms. The average Bonchev–Trinajstić information content (AvgIpc) is 2.32. The molecule has 7 heteroatoms. The van der Waals surface area contributed by atoms with Crippen molar-refractivity contribution >= 4 is 31.9 Å². The fourth-order valence-corrected chi connectivity index (χ4v) is 3.74. The van der Waals surface area contributed by atoms with E-state index in [9.17, 15) is 13.2 Å². The van der Waals surface area contributed by atoms with Gasteiger partial charge in [0.1, 0.15) is 0 Å². The summed E-state index contributed by atoms with van der Waals surface area (Å²) in [4.78, 5) is 11.4. The topological polar surface area (TPSA) is 75.3 Å². The summed E-state index contributed by atoms with van der Waals surface area (Å²) >= 11 is 3.32. The summed E-state index contributed by atoms with van der Waals surface area (Å²) in [7, 11) is -3.58. The van der Waals surface area contributed by atoms with Crippen LogP contribution < -0.4 is 10.0 Å². The summed E-state index contributed by atoms with van der Waals surface area (Å²) in [6, 6.07) is 4.54. The van der Waals surface area contributed by atoms with Crippen LogP contribution in [0.25, 0.3) is 0 Å². The van der Waals surface area contributed by atoms with Gasteiger partial charge in [0.2, 0.25) is 15.9 Å². The van der Waals surface area contributed by atoms with Gasteiger partial charge in [-0.25, -0.2) is 13.1 Å². The Labute approximate surface area is 121 Å². The molecule has 1 amide bonds. The van der Waals surface area contributed by atoms with E-state index < -0.39 is 10.0 Å². The van der Waals surface area contributed by atoms with E-state index >= 15 is 0 Å². The quantitative estimate of drug-likeness (QED) is 0.866. The molecule has 5 nitrogen and oxygen atoms in total. The van der Waals surface area contributed by atoms with Gasteiger partial charge in [-0.15, -0.1) is 0 Å². The highest BCUT2D eigenvalue weighted by Gasteiger charge is 2.25. The monoisotopic (exact) mass is 346 g/mol. The zero-order valence-electron chi connectivity index (χ0n) is 10.4. The lowest BCUT2D eigenvalue weighted by atomic mass is 10.1. The molecule has 1 aromatic carbocycles. The van der Waals surface area contributed by atoms with Gasteiger partial charge in [-0.3, -0.25) is 4.79 Å². The van der Waals surface area contributed by atoms with Crippen LogP contribution in [0.15, 0.2) is 27.6 Å². The molecule has 0 saturated carbocycles. The minimum atomic E-state index is -3.58. The van der Waals surface area contributed by atoms with E-state index in [0.717, 1.165) is 10.0 Å². The molecule has 0 aromatic heterocycles. The molecule has 0 aliphatic carbocycles. The van der Waals surface area contributed by atoms with Gasteiger partial charge < -0.3 is 5.32 Å². The number of carbonyl (C=O) groups excluding carboxylic acids is 1. The van der Waals surface area contributed by atoms with Gasteiger partial charge in [0.05, 0.1) is 4.90 Å². The summed E-state index contributed by atoms with van der Waals surface area (Å²) < 4.78 is 27.7. The molecule has 1 saturated heterocycles. The van der Waals surface area contributed by atoms with Crippen LogP contribution in [0.4, 0.5) is 0 Å². The molecule has 1 aliphatic rings. The molecule has 0 unspecified atom stereocenters. The van der Waals surface area contributed by atoms with E-state index in [-0.39, 0.29) is 23.3 Å². The number of aryl methyl sites for hydroxylation is 1. The summed E-state index contributed by atoms with van der Waals surface area (Å²) in [6.07, 6.45) is 0.796. The first-order valence-corrected chi connectivity index (χ1v) is 8.21. The maximum absolute atomic E-state index is 12.2. The van der Waals surface area contributed by atoms with Crippen molar-refractivity contribution in [2.45, 2.75) is 30.7 Å². The summed E-state index contributed by atoms with van der Waals surface area (Å²) in [5.74, 6) is -0.121. The number of hydrogen-bond donors (Lipinski definition) is 2. The van der Waals surface area contributed by atoms with Crippen LogP contribution >= 0.6 is 15.9 Å². The van der Waals surface area contributed by atoms with Crippen molar-refractivity contribution in [3.63, 3.8) is 0 Å². The Morgan fingerprint density at radius 3 is 2.79 bits per heavy atom. The van der Waals surface area contributed by atoms with Crippen LogP contribution in [0.2, 0.25) is 0 Å². The van der Waals surface area contributed by atoms with Crippen LogP contribution in [0, 0.1) is 6.92 Å². The number of nitrogens with one attached hydrogen (secondary N) is 2. The summed E-state index contributed by atoms with van der Waals surface area (Å²) in [6.45, 7) is 2.39. The summed E-state index contributed by atoms with van der Waals surface area (Å²) in [5, 5.41) is 2.67. The van der Waals surface area contributed by atoms with Gasteiger partial charge >= 0.3 is 0 Å². The second-order valence-electron chi connectivity index (χ2n) is 4.57. The Hall–Kier alpha value is -0.920. The first-order valence-electron chi connectivity index (χ1n) is 5.94. The van der Waals surface area contributed by atoms with E-state index in [0.29, 0.717) is 13.0 Å². The average molecular weight is 347 g/mol. The van der Waals surface area contributed by atoms with Gasteiger partial charge in [-0.2, -0.15) is 0 Å². The third kappa shape index (κ3) is 3.55. The summed E-state index contributed by atoms with van der Waals surface area (Å²) in [5.41, 5.74) is 0.969. The van der Waals surface area contributed by atoms with Crippen molar-refractivity contribution in [3.05, 3.63) is 28.2 Å². The SMILES string of the molecule is Cc1ccc(S(=O)(=O)N[C@H]2CCNC(=O)C2)cc1Br. The maximum Gasteiger partial charge on any atom is 0.240 e. The fourth-order valence-electron chi connectivity index (χ4n) is 1.91. The lowest BCUT2D eigenvalue weighted by Gasteiger charge is -2.23. The third-order valence-corrected chi connectivity index (χ3v) is 5.39. The molecule has 2 N–H and O–H groups in total. The molecular formula is C12H15BrN2O3S. The Bertz CT molecular complexity index is 601. The molecule has 0 spiro atoms. The van der Waals surface area contributed by atoms with Gasteiger partial charge in [-0.05, 0) is 31.0 Å². The molecule has 1 aliphatic heterocycles. The number of sulfonamides is 1. The van der Waals surface area contributed by atoms with E-state index in [4.69, 9.17) is 0 Å². The highest BCUT2D eigenvalue weighted by atomic mass is 79.9. The first-order chi connectivity index (χ1) is 8.88. The van der Waals surface area contributed by atoms with Crippen molar-refractivity contribution in [2.24, 2.45) is 0 Å². The zero-order valence-corrected chi connectivity index (χ0v) is 12.8. The van der Waals surface area contributed by atoms with Crippen LogP contribution in [0.3, 0.4) is 0 Å². The molecule has 1 heterocycles. The van der Waals surface area contributed by atoms with Crippen molar-refractivity contribution in [3.8, 4) is 0 Å². The Kier molecular flexibility index (Phi) is 4.27. The van der Waals surface area contributed by atoms with Crippen LogP contribution in [0.5, 0.6) is 0 Å². The van der Waals surface area contributed by atoms with Crippen molar-refractivity contribution in [1.29, 1.82) is 0 Å². The highest BCUT2D eigenvalue weighted by molar-refractivity contribution is 9.10. The number of piperidine rings is 1. The van der Waals surface area contributed by atoms with Crippen LogP contribution in [0.1, 0.15) is 18.4 Å². The third-order valence-electron chi connectivity index (χ3n) is 3.02. The fraction of sp³-hybridized carbons (Fsp3) is 0.417. The lowest BCUT2D eigenvalue weighted by molar-refractivity contribution is -0.122. The van der Waals surface area contributed by atoms with Gasteiger partial charge in [0, 0.05) is 23.5 Å². The Morgan fingerprint density at radius 1 is 1.42 bits per heavy atom. The van der Waals surface area contributed by atoms with Crippen molar-refractivity contribution in [2.75, 3.05) is 6.54 Å². The minimum absolute atomic E-state index is 0.121. The van der Waals surface area contributed by atoms with E-state index in [1.54, 1.807) is 18.2 Å². The molecule has 0 radical (unpaired) electrons. The number of rotatable bonds is 3. The molecular weight excluding hydrogens is 332 g/mol. The van der Waals surface area contributed by atoms with Gasteiger partial charge in [0.25, 0.3) is 0 Å². The van der Waals surface area contributed by atoms with Gasteiger partial charge in [0.15, 0.2) is 0 Å². The van der Waals surface area contributed by atoms with E-state index in [1.165, 1.54) is 0 Å². The van der Waals surface area contributed by atoms with Crippen LogP contribution in [-0.2, 0) is 14.8 Å². The van der Waals surface area contributed by atoms with E-state index in [1.807, 2.05) is 6.92 Å². The maximum atomic E-state index is 12.2. The molecule has 104 valence electrons. The number of amides is 1. The minimum Gasteiger partial charge on any atom is -0.356 e. The molecule has 2 rings (SSSR count). The largest absolute Gasteiger partial charge is 0.356 e. The Morgan fingerprint density at radius 2 is 2.16 bits per heavy atom. The second kappa shape index (κ2) is 5.60. The van der Waals surface area contributed by atoms with Crippen LogP contribution in [-0.4, -0.2) is 26.9 Å². The molecule has 1 atom stereocenters. The highest BCUT2D eigenvalue weighted by Crippen LogP contribution is 2.21. The lowest BCUT2D eigenvalue weighted by Crippen LogP contribution is -2.45.